The van der Waals surface area contributed by atoms with Gasteiger partial charge in [0.2, 0.25) is 0 Å². The van der Waals surface area contributed by atoms with Gasteiger partial charge in [-0.15, -0.1) is 0 Å². The van der Waals surface area contributed by atoms with Gasteiger partial charge in [-0.1, -0.05) is 19.1 Å². The van der Waals surface area contributed by atoms with Crippen LogP contribution in [0.25, 0.3) is 0 Å². The lowest BCUT2D eigenvalue weighted by Gasteiger charge is -2.32. The molecule has 0 bridgehead atoms. The van der Waals surface area contributed by atoms with Crippen molar-refractivity contribution in [1.29, 1.82) is 0 Å². The number of aryl methyl sites for hydroxylation is 1. The van der Waals surface area contributed by atoms with Gasteiger partial charge in [0, 0.05) is 0 Å². The van der Waals surface area contributed by atoms with Gasteiger partial charge in [0.05, 0.1) is 16.8 Å². The van der Waals surface area contributed by atoms with Crippen LogP contribution < -0.4 is 5.46 Å². The number of hydrogen-bond acceptors (Lipinski definition) is 3. The Balaban J connectivity index is 2.45. The standard InChI is InChI=1S/C15H21BO4/c1-6-10-7-8-11(13(17)18)12(9-10)16-19-14(2,3)15(4,5)20-16/h7-9H,6H2,1-5H3,(H,17,18). The van der Waals surface area contributed by atoms with Gasteiger partial charge in [0.25, 0.3) is 0 Å². The average molecular weight is 276 g/mol. The summed E-state index contributed by atoms with van der Waals surface area (Å²) in [4.78, 5) is 11.4. The maximum absolute atomic E-state index is 11.4. The minimum atomic E-state index is -0.961. The molecule has 1 aliphatic heterocycles. The lowest BCUT2D eigenvalue weighted by Crippen LogP contribution is -2.41. The van der Waals surface area contributed by atoms with Gasteiger partial charge < -0.3 is 14.4 Å². The van der Waals surface area contributed by atoms with E-state index in [2.05, 4.69) is 0 Å². The summed E-state index contributed by atoms with van der Waals surface area (Å²) < 4.78 is 11.9. The van der Waals surface area contributed by atoms with E-state index in [4.69, 9.17) is 9.31 Å². The second-order valence-corrected chi connectivity index (χ2v) is 6.17. The van der Waals surface area contributed by atoms with E-state index in [-0.39, 0.29) is 5.56 Å². The van der Waals surface area contributed by atoms with Crippen molar-refractivity contribution in [3.8, 4) is 0 Å². The molecule has 0 amide bonds. The Morgan fingerprint density at radius 1 is 1.20 bits per heavy atom. The van der Waals surface area contributed by atoms with Crippen molar-refractivity contribution in [2.75, 3.05) is 0 Å². The largest absolute Gasteiger partial charge is 0.495 e. The molecule has 20 heavy (non-hydrogen) atoms. The van der Waals surface area contributed by atoms with Crippen molar-refractivity contribution >= 4 is 18.6 Å². The van der Waals surface area contributed by atoms with Crippen molar-refractivity contribution in [3.63, 3.8) is 0 Å². The number of carboxylic acid groups (broad SMARTS) is 1. The third kappa shape index (κ3) is 2.48. The molecule has 0 spiro atoms. The van der Waals surface area contributed by atoms with Crippen molar-refractivity contribution in [1.82, 2.24) is 0 Å². The van der Waals surface area contributed by atoms with Crippen molar-refractivity contribution in [2.45, 2.75) is 52.2 Å². The maximum atomic E-state index is 11.4. The van der Waals surface area contributed by atoms with Gasteiger partial charge in [-0.2, -0.15) is 0 Å². The molecule has 2 rings (SSSR count). The van der Waals surface area contributed by atoms with E-state index in [0.29, 0.717) is 5.46 Å². The third-order valence-corrected chi connectivity index (χ3v) is 4.26. The summed E-state index contributed by atoms with van der Waals surface area (Å²) in [6.45, 7) is 9.85. The average Bonchev–Trinajstić information content (AvgIpc) is 2.57. The zero-order chi connectivity index (χ0) is 15.1. The van der Waals surface area contributed by atoms with Gasteiger partial charge in [-0.05, 0) is 51.2 Å². The molecular weight excluding hydrogens is 255 g/mol. The highest BCUT2D eigenvalue weighted by Gasteiger charge is 2.52. The minimum absolute atomic E-state index is 0.237. The van der Waals surface area contributed by atoms with Crippen LogP contribution in [0.2, 0.25) is 0 Å². The summed E-state index contributed by atoms with van der Waals surface area (Å²) in [7, 11) is -0.641. The van der Waals surface area contributed by atoms with Crippen LogP contribution >= 0.6 is 0 Å². The topological polar surface area (TPSA) is 55.8 Å². The van der Waals surface area contributed by atoms with E-state index in [1.165, 1.54) is 0 Å². The number of aromatic carboxylic acids is 1. The minimum Gasteiger partial charge on any atom is -0.478 e. The molecule has 4 nitrogen and oxygen atoms in total. The summed E-state index contributed by atoms with van der Waals surface area (Å²) >= 11 is 0. The Kier molecular flexibility index (Phi) is 3.69. The summed E-state index contributed by atoms with van der Waals surface area (Å²) in [5, 5.41) is 9.34. The van der Waals surface area contributed by atoms with Gasteiger partial charge >= 0.3 is 13.1 Å². The maximum Gasteiger partial charge on any atom is 0.495 e. The van der Waals surface area contributed by atoms with Crippen LogP contribution in [-0.2, 0) is 15.7 Å². The molecule has 1 fully saturated rings. The lowest BCUT2D eigenvalue weighted by atomic mass is 9.75. The lowest BCUT2D eigenvalue weighted by molar-refractivity contribution is 0.00578. The smallest absolute Gasteiger partial charge is 0.478 e. The van der Waals surface area contributed by atoms with Gasteiger partial charge in [0.15, 0.2) is 0 Å². The van der Waals surface area contributed by atoms with Crippen LogP contribution in [0.3, 0.4) is 0 Å². The molecule has 0 aromatic heterocycles. The van der Waals surface area contributed by atoms with Crippen LogP contribution in [0.5, 0.6) is 0 Å². The predicted octanol–water partition coefficient (Wildman–Crippen LogP) is 2.25. The zero-order valence-electron chi connectivity index (χ0n) is 12.7. The van der Waals surface area contributed by atoms with Crippen LogP contribution in [0.15, 0.2) is 18.2 Å². The number of hydrogen-bond donors (Lipinski definition) is 1. The first-order valence-corrected chi connectivity index (χ1v) is 6.89. The Hall–Kier alpha value is -1.33. The fourth-order valence-corrected chi connectivity index (χ4v) is 2.19. The third-order valence-electron chi connectivity index (χ3n) is 4.26. The second kappa shape index (κ2) is 4.90. The zero-order valence-corrected chi connectivity index (χ0v) is 12.7. The van der Waals surface area contributed by atoms with Crippen molar-refractivity contribution in [2.24, 2.45) is 0 Å². The van der Waals surface area contributed by atoms with Gasteiger partial charge in [-0.25, -0.2) is 4.79 Å². The SMILES string of the molecule is CCc1ccc(C(=O)O)c(B2OC(C)(C)C(C)(C)O2)c1. The van der Waals surface area contributed by atoms with E-state index in [1.807, 2.05) is 46.8 Å². The number of carboxylic acids is 1. The molecule has 0 saturated carbocycles. The van der Waals surface area contributed by atoms with Crippen molar-refractivity contribution in [3.05, 3.63) is 29.3 Å². The number of carbonyl (C=O) groups is 1. The summed E-state index contributed by atoms with van der Waals surface area (Å²) in [5.41, 5.74) is 0.946. The number of rotatable bonds is 3. The Morgan fingerprint density at radius 2 is 1.75 bits per heavy atom. The first kappa shape index (κ1) is 15.1. The van der Waals surface area contributed by atoms with Crippen molar-refractivity contribution < 1.29 is 19.2 Å². The Bertz CT molecular complexity index is 521. The van der Waals surface area contributed by atoms with E-state index in [9.17, 15) is 9.90 Å². The highest BCUT2D eigenvalue weighted by atomic mass is 16.7. The second-order valence-electron chi connectivity index (χ2n) is 6.17. The summed E-state index contributed by atoms with van der Waals surface area (Å²) in [6, 6.07) is 5.32. The summed E-state index contributed by atoms with van der Waals surface area (Å²) in [5.74, 6) is -0.961. The highest BCUT2D eigenvalue weighted by molar-refractivity contribution is 6.63. The van der Waals surface area contributed by atoms with Crippen LogP contribution in [0, 0.1) is 0 Å². The van der Waals surface area contributed by atoms with Gasteiger partial charge in [-0.3, -0.25) is 0 Å². The molecule has 1 aromatic carbocycles. The fourth-order valence-electron chi connectivity index (χ4n) is 2.19. The first-order chi connectivity index (χ1) is 9.18. The molecule has 1 saturated heterocycles. The molecule has 0 atom stereocenters. The monoisotopic (exact) mass is 276 g/mol. The van der Waals surface area contributed by atoms with E-state index >= 15 is 0 Å². The van der Waals surface area contributed by atoms with Crippen LogP contribution in [0.1, 0.15) is 50.5 Å². The molecule has 5 heteroatoms. The molecule has 0 aliphatic carbocycles. The van der Waals surface area contributed by atoms with E-state index < -0.39 is 24.3 Å². The molecule has 1 heterocycles. The fraction of sp³-hybridized carbons (Fsp3) is 0.533. The molecule has 0 radical (unpaired) electrons. The van der Waals surface area contributed by atoms with Crippen LogP contribution in [0.4, 0.5) is 0 Å². The quantitative estimate of drug-likeness (QED) is 0.860. The molecule has 1 N–H and O–H groups in total. The summed E-state index contributed by atoms with van der Waals surface area (Å²) in [6.07, 6.45) is 0.840. The Labute approximate surface area is 120 Å². The van der Waals surface area contributed by atoms with E-state index in [0.717, 1.165) is 12.0 Å². The van der Waals surface area contributed by atoms with Crippen LogP contribution in [-0.4, -0.2) is 29.4 Å². The normalized spacial score (nSPS) is 20.1. The predicted molar refractivity (Wildman–Crippen MR) is 78.5 cm³/mol. The molecule has 108 valence electrons. The molecule has 0 unspecified atom stereocenters. The Morgan fingerprint density at radius 3 is 2.20 bits per heavy atom. The molecular formula is C15H21BO4. The molecule has 1 aromatic rings. The number of benzene rings is 1. The highest BCUT2D eigenvalue weighted by Crippen LogP contribution is 2.36. The van der Waals surface area contributed by atoms with E-state index in [1.54, 1.807) is 6.07 Å². The first-order valence-electron chi connectivity index (χ1n) is 6.89. The molecule has 1 aliphatic rings. The van der Waals surface area contributed by atoms with Gasteiger partial charge in [0.1, 0.15) is 0 Å².